The Morgan fingerprint density at radius 3 is 2.50 bits per heavy atom. The summed E-state index contributed by atoms with van der Waals surface area (Å²) in [7, 11) is 5.55. The van der Waals surface area contributed by atoms with E-state index in [-0.39, 0.29) is 35.3 Å². The van der Waals surface area contributed by atoms with E-state index in [1.807, 2.05) is 21.1 Å². The number of amides is 1. The Labute approximate surface area is 174 Å². The summed E-state index contributed by atoms with van der Waals surface area (Å²) in [4.78, 5) is 21.3. The number of halogens is 1. The van der Waals surface area contributed by atoms with Crippen molar-refractivity contribution in [3.63, 3.8) is 0 Å². The van der Waals surface area contributed by atoms with Crippen molar-refractivity contribution in [2.45, 2.75) is 38.6 Å². The van der Waals surface area contributed by atoms with Crippen molar-refractivity contribution in [3.05, 3.63) is 35.4 Å². The molecule has 1 fully saturated rings. The van der Waals surface area contributed by atoms with E-state index < -0.39 is 0 Å². The zero-order chi connectivity index (χ0) is 17.9. The van der Waals surface area contributed by atoms with Crippen LogP contribution in [0.4, 0.5) is 0 Å². The molecule has 6 heteroatoms. The molecule has 1 aromatic rings. The van der Waals surface area contributed by atoms with Gasteiger partial charge in [0.25, 0.3) is 0 Å². The summed E-state index contributed by atoms with van der Waals surface area (Å²) in [5, 5.41) is 3.52. The topological polar surface area (TPSA) is 47.9 Å². The standard InChI is InChI=1S/C20H30N4O.HI/c1-21-19(24-13-10-16-8-4-5-9-17(16)14-24)22-15-20(11-6-7-12-20)18(25)23(2)3;/h4-5,8-9H,6-7,10-15H2,1-3H3,(H,21,22);1H. The normalized spacial score (nSPS) is 18.7. The zero-order valence-corrected chi connectivity index (χ0v) is 18.5. The van der Waals surface area contributed by atoms with Crippen molar-refractivity contribution in [2.24, 2.45) is 10.4 Å². The summed E-state index contributed by atoms with van der Waals surface area (Å²) in [5.74, 6) is 1.16. The van der Waals surface area contributed by atoms with Crippen LogP contribution in [0.5, 0.6) is 0 Å². The Bertz CT molecular complexity index is 653. The average Bonchev–Trinajstić information content (AvgIpc) is 3.11. The lowest BCUT2D eigenvalue weighted by molar-refractivity contribution is -0.138. The molecule has 26 heavy (non-hydrogen) atoms. The molecule has 1 N–H and O–H groups in total. The minimum atomic E-state index is -0.271. The molecule has 0 radical (unpaired) electrons. The molecule has 1 amide bonds. The van der Waals surface area contributed by atoms with Gasteiger partial charge in [0.15, 0.2) is 5.96 Å². The van der Waals surface area contributed by atoms with Crippen LogP contribution in [0.3, 0.4) is 0 Å². The number of nitrogens with one attached hydrogen (secondary N) is 1. The summed E-state index contributed by atoms with van der Waals surface area (Å²) < 4.78 is 0. The predicted octanol–water partition coefficient (Wildman–Crippen LogP) is 2.89. The molecule has 0 bridgehead atoms. The third-order valence-electron chi connectivity index (χ3n) is 5.65. The van der Waals surface area contributed by atoms with Crippen molar-refractivity contribution in [3.8, 4) is 0 Å². The number of aliphatic imine (C=N–C) groups is 1. The van der Waals surface area contributed by atoms with Gasteiger partial charge in [-0.25, -0.2) is 0 Å². The maximum absolute atomic E-state index is 12.7. The predicted molar refractivity (Wildman–Crippen MR) is 117 cm³/mol. The fourth-order valence-corrected chi connectivity index (χ4v) is 4.25. The molecule has 3 rings (SSSR count). The second-order valence-electron chi connectivity index (χ2n) is 7.53. The fraction of sp³-hybridized carbons (Fsp3) is 0.600. The van der Waals surface area contributed by atoms with Crippen LogP contribution in [0, 0.1) is 5.41 Å². The van der Waals surface area contributed by atoms with Gasteiger partial charge < -0.3 is 15.1 Å². The highest BCUT2D eigenvalue weighted by Crippen LogP contribution is 2.39. The van der Waals surface area contributed by atoms with Crippen LogP contribution in [0.2, 0.25) is 0 Å². The van der Waals surface area contributed by atoms with Crippen molar-refractivity contribution >= 4 is 35.8 Å². The highest BCUT2D eigenvalue weighted by Gasteiger charge is 2.42. The highest BCUT2D eigenvalue weighted by atomic mass is 127. The van der Waals surface area contributed by atoms with E-state index in [9.17, 15) is 4.79 Å². The van der Waals surface area contributed by atoms with Gasteiger partial charge in [-0.2, -0.15) is 0 Å². The van der Waals surface area contributed by atoms with Crippen molar-refractivity contribution in [1.29, 1.82) is 0 Å². The Balaban J connectivity index is 0.00000243. The third kappa shape index (κ3) is 4.32. The zero-order valence-electron chi connectivity index (χ0n) is 16.1. The molecule has 0 saturated heterocycles. The van der Waals surface area contributed by atoms with Gasteiger partial charge in [-0.15, -0.1) is 24.0 Å². The van der Waals surface area contributed by atoms with Gasteiger partial charge >= 0.3 is 0 Å². The molecule has 0 aromatic heterocycles. The van der Waals surface area contributed by atoms with Crippen molar-refractivity contribution in [1.82, 2.24) is 15.1 Å². The Morgan fingerprint density at radius 1 is 1.23 bits per heavy atom. The van der Waals surface area contributed by atoms with Gasteiger partial charge in [-0.1, -0.05) is 37.1 Å². The first-order chi connectivity index (χ1) is 12.1. The molecule has 0 unspecified atom stereocenters. The summed E-state index contributed by atoms with van der Waals surface area (Å²) >= 11 is 0. The van der Waals surface area contributed by atoms with Crippen LogP contribution >= 0.6 is 24.0 Å². The van der Waals surface area contributed by atoms with E-state index in [0.717, 1.165) is 51.2 Å². The van der Waals surface area contributed by atoms with Gasteiger partial charge in [-0.05, 0) is 30.4 Å². The van der Waals surface area contributed by atoms with Crippen LogP contribution < -0.4 is 5.32 Å². The SMILES string of the molecule is CN=C(NCC1(C(=O)N(C)C)CCCC1)N1CCc2ccccc2C1.I. The first-order valence-electron chi connectivity index (χ1n) is 9.30. The fourth-order valence-electron chi connectivity index (χ4n) is 4.25. The van der Waals surface area contributed by atoms with Gasteiger partial charge in [0.1, 0.15) is 0 Å². The number of carbonyl (C=O) groups excluding carboxylic acids is 1. The molecule has 5 nitrogen and oxygen atoms in total. The largest absolute Gasteiger partial charge is 0.355 e. The highest BCUT2D eigenvalue weighted by molar-refractivity contribution is 14.0. The quantitative estimate of drug-likeness (QED) is 0.420. The lowest BCUT2D eigenvalue weighted by atomic mass is 9.84. The second-order valence-corrected chi connectivity index (χ2v) is 7.53. The van der Waals surface area contributed by atoms with E-state index in [0.29, 0.717) is 6.54 Å². The summed E-state index contributed by atoms with van der Waals surface area (Å²) in [6, 6.07) is 8.62. The lowest BCUT2D eigenvalue weighted by Crippen LogP contribution is -2.51. The van der Waals surface area contributed by atoms with Crippen LogP contribution in [0.25, 0.3) is 0 Å². The minimum absolute atomic E-state index is 0. The molecule has 2 aliphatic rings. The van der Waals surface area contributed by atoms with E-state index in [2.05, 4.69) is 39.5 Å². The number of fused-ring (bicyclic) bond motifs is 1. The van der Waals surface area contributed by atoms with E-state index in [1.165, 1.54) is 11.1 Å². The van der Waals surface area contributed by atoms with Gasteiger partial charge in [-0.3, -0.25) is 9.79 Å². The molecule has 1 heterocycles. The second kappa shape index (κ2) is 9.06. The van der Waals surface area contributed by atoms with Crippen molar-refractivity contribution < 1.29 is 4.79 Å². The number of rotatable bonds is 3. The lowest BCUT2D eigenvalue weighted by Gasteiger charge is -2.35. The number of guanidine groups is 1. The minimum Gasteiger partial charge on any atom is -0.355 e. The number of hydrogen-bond donors (Lipinski definition) is 1. The number of benzene rings is 1. The number of nitrogens with zero attached hydrogens (tertiary/aromatic N) is 3. The summed E-state index contributed by atoms with van der Waals surface area (Å²) in [6.07, 6.45) is 5.25. The number of hydrogen-bond acceptors (Lipinski definition) is 2. The smallest absolute Gasteiger partial charge is 0.230 e. The van der Waals surface area contributed by atoms with Crippen LogP contribution in [-0.2, 0) is 17.8 Å². The maximum atomic E-state index is 12.7. The maximum Gasteiger partial charge on any atom is 0.230 e. The van der Waals surface area contributed by atoms with Gasteiger partial charge in [0, 0.05) is 40.8 Å². The first-order valence-corrected chi connectivity index (χ1v) is 9.30. The van der Waals surface area contributed by atoms with Gasteiger partial charge in [0.2, 0.25) is 5.91 Å². The Morgan fingerprint density at radius 2 is 1.88 bits per heavy atom. The van der Waals surface area contributed by atoms with Crippen LogP contribution in [0.15, 0.2) is 29.3 Å². The van der Waals surface area contributed by atoms with E-state index in [4.69, 9.17) is 0 Å². The molecule has 1 aliphatic carbocycles. The molecule has 1 aliphatic heterocycles. The molecular formula is C20H31IN4O. The Hall–Kier alpha value is -1.31. The first kappa shape index (κ1) is 21.0. The molecule has 144 valence electrons. The van der Waals surface area contributed by atoms with Crippen LogP contribution in [0.1, 0.15) is 36.8 Å². The van der Waals surface area contributed by atoms with E-state index >= 15 is 0 Å². The monoisotopic (exact) mass is 470 g/mol. The summed E-state index contributed by atoms with van der Waals surface area (Å²) in [5.41, 5.74) is 2.54. The average molecular weight is 470 g/mol. The molecule has 0 spiro atoms. The van der Waals surface area contributed by atoms with Gasteiger partial charge in [0.05, 0.1) is 5.41 Å². The summed E-state index contributed by atoms with van der Waals surface area (Å²) in [6.45, 7) is 2.52. The molecule has 1 saturated carbocycles. The van der Waals surface area contributed by atoms with Crippen molar-refractivity contribution in [2.75, 3.05) is 34.2 Å². The van der Waals surface area contributed by atoms with E-state index in [1.54, 1.807) is 4.90 Å². The molecule has 1 aromatic carbocycles. The van der Waals surface area contributed by atoms with Crippen LogP contribution in [-0.4, -0.2) is 55.9 Å². The third-order valence-corrected chi connectivity index (χ3v) is 5.65. The molecule has 0 atom stereocenters. The molecular weight excluding hydrogens is 439 g/mol. The number of carbonyl (C=O) groups is 1. The Kier molecular flexibility index (Phi) is 7.32.